The predicted octanol–water partition coefficient (Wildman–Crippen LogP) is 0.00400. The van der Waals surface area contributed by atoms with E-state index in [2.05, 4.69) is 5.32 Å². The van der Waals surface area contributed by atoms with Crippen LogP contribution in [0.15, 0.2) is 12.2 Å². The fraction of sp³-hybridized carbons (Fsp3) is 0.667. The van der Waals surface area contributed by atoms with Crippen LogP contribution < -0.4 is 5.32 Å². The molecule has 2 N–H and O–H groups in total. The molecule has 2 bridgehead atoms. The number of carboxylic acids is 1. The van der Waals surface area contributed by atoms with Crippen molar-refractivity contribution in [3.63, 3.8) is 0 Å². The lowest BCUT2D eigenvalue weighted by Gasteiger charge is -2.23. The van der Waals surface area contributed by atoms with Gasteiger partial charge in [0, 0.05) is 29.4 Å². The van der Waals surface area contributed by atoms with Crippen LogP contribution in [0, 0.1) is 23.7 Å². The normalized spacial score (nSPS) is 34.5. The Morgan fingerprint density at radius 2 is 1.94 bits per heavy atom. The largest absolute Gasteiger partial charge is 0.481 e. The summed E-state index contributed by atoms with van der Waals surface area (Å²) < 4.78 is 10.9. The summed E-state index contributed by atoms with van der Waals surface area (Å²) in [6.07, 6.45) is 6.20. The fourth-order valence-corrected chi connectivity index (χ4v) is 3.34. The lowest BCUT2D eigenvalue weighted by atomic mass is 9.82. The van der Waals surface area contributed by atoms with Gasteiger partial charge in [-0.3, -0.25) is 13.8 Å². The molecule has 0 heterocycles. The van der Waals surface area contributed by atoms with E-state index >= 15 is 0 Å². The first-order valence-corrected chi connectivity index (χ1v) is 7.72. The Labute approximate surface area is 108 Å². The second-order valence-electron chi connectivity index (χ2n) is 4.91. The minimum atomic E-state index is -0.948. The van der Waals surface area contributed by atoms with Gasteiger partial charge in [0.2, 0.25) is 5.91 Å². The Morgan fingerprint density at radius 1 is 1.33 bits per heavy atom. The van der Waals surface area contributed by atoms with Crippen molar-refractivity contribution in [3.05, 3.63) is 12.2 Å². The van der Waals surface area contributed by atoms with E-state index in [-0.39, 0.29) is 17.7 Å². The summed E-state index contributed by atoms with van der Waals surface area (Å²) in [4.78, 5) is 23.3. The van der Waals surface area contributed by atoms with Gasteiger partial charge in [0.05, 0.1) is 11.8 Å². The van der Waals surface area contributed by atoms with E-state index in [0.717, 1.165) is 6.42 Å². The zero-order valence-corrected chi connectivity index (χ0v) is 11.0. The van der Waals surface area contributed by atoms with Gasteiger partial charge in [0.1, 0.15) is 0 Å². The standard InChI is InChI=1S/C12H17NO4S/c1-18(17)5-4-13-11(14)9-7-2-3-8(6-7)10(9)12(15)16/h2-3,7-10H,4-6H2,1H3,(H,13,14)(H,15,16). The van der Waals surface area contributed by atoms with Gasteiger partial charge in [-0.15, -0.1) is 0 Å². The van der Waals surface area contributed by atoms with Gasteiger partial charge in [0.25, 0.3) is 0 Å². The molecule has 18 heavy (non-hydrogen) atoms. The van der Waals surface area contributed by atoms with Crippen molar-refractivity contribution in [1.82, 2.24) is 5.32 Å². The van der Waals surface area contributed by atoms with Crippen molar-refractivity contribution < 1.29 is 18.9 Å². The van der Waals surface area contributed by atoms with Crippen molar-refractivity contribution >= 4 is 22.7 Å². The highest BCUT2D eigenvalue weighted by Crippen LogP contribution is 2.48. The molecular weight excluding hydrogens is 254 g/mol. The number of carbonyl (C=O) groups is 2. The average Bonchev–Trinajstić information content (AvgIpc) is 2.87. The molecule has 2 aliphatic rings. The van der Waals surface area contributed by atoms with E-state index in [9.17, 15) is 18.9 Å². The second-order valence-corrected chi connectivity index (χ2v) is 6.46. The molecule has 1 fully saturated rings. The van der Waals surface area contributed by atoms with Gasteiger partial charge in [0.15, 0.2) is 0 Å². The monoisotopic (exact) mass is 271 g/mol. The molecular formula is C12H17NO4S. The first kappa shape index (κ1) is 13.3. The third-order valence-electron chi connectivity index (χ3n) is 3.74. The fourth-order valence-electron chi connectivity index (χ4n) is 2.95. The van der Waals surface area contributed by atoms with E-state index in [4.69, 9.17) is 0 Å². The molecule has 5 unspecified atom stereocenters. The van der Waals surface area contributed by atoms with Crippen LogP contribution in [-0.2, 0) is 20.4 Å². The quantitative estimate of drug-likeness (QED) is 0.690. The number of hydrogen-bond acceptors (Lipinski definition) is 3. The van der Waals surface area contributed by atoms with Crippen LogP contribution in [0.1, 0.15) is 6.42 Å². The highest BCUT2D eigenvalue weighted by molar-refractivity contribution is 7.84. The maximum Gasteiger partial charge on any atom is 0.307 e. The van der Waals surface area contributed by atoms with Gasteiger partial charge >= 0.3 is 5.97 Å². The molecule has 2 aliphatic carbocycles. The summed E-state index contributed by atoms with van der Waals surface area (Å²) in [5, 5.41) is 11.9. The number of nitrogens with one attached hydrogen (secondary N) is 1. The number of aliphatic carboxylic acids is 1. The smallest absolute Gasteiger partial charge is 0.307 e. The molecule has 5 nitrogen and oxygen atoms in total. The molecule has 5 atom stereocenters. The summed E-state index contributed by atoms with van der Waals surface area (Å²) in [6.45, 7) is 0.339. The van der Waals surface area contributed by atoms with Crippen molar-refractivity contribution in [1.29, 1.82) is 0 Å². The van der Waals surface area contributed by atoms with Crippen LogP contribution in [-0.4, -0.2) is 39.7 Å². The summed E-state index contributed by atoms with van der Waals surface area (Å²) >= 11 is 0. The third kappa shape index (κ3) is 2.48. The van der Waals surface area contributed by atoms with Gasteiger partial charge in [-0.05, 0) is 18.3 Å². The van der Waals surface area contributed by atoms with Crippen LogP contribution in [0.2, 0.25) is 0 Å². The van der Waals surface area contributed by atoms with Crippen molar-refractivity contribution in [2.45, 2.75) is 6.42 Å². The Bertz CT molecular complexity index is 420. The van der Waals surface area contributed by atoms with E-state index in [1.165, 1.54) is 0 Å². The first-order valence-electron chi connectivity index (χ1n) is 5.99. The van der Waals surface area contributed by atoms with Crippen molar-refractivity contribution in [2.24, 2.45) is 23.7 Å². The molecule has 0 radical (unpaired) electrons. The van der Waals surface area contributed by atoms with Crippen LogP contribution in [0.4, 0.5) is 0 Å². The Balaban J connectivity index is 1.98. The summed E-state index contributed by atoms with van der Waals surface area (Å²) in [5.74, 6) is -1.75. The molecule has 0 aliphatic heterocycles. The summed E-state index contributed by atoms with van der Waals surface area (Å²) in [6, 6.07) is 0. The van der Waals surface area contributed by atoms with Crippen molar-refractivity contribution in [2.75, 3.05) is 18.6 Å². The van der Waals surface area contributed by atoms with Crippen LogP contribution in [0.3, 0.4) is 0 Å². The number of carboxylic acid groups (broad SMARTS) is 1. The van der Waals surface area contributed by atoms with Crippen LogP contribution in [0.25, 0.3) is 0 Å². The highest BCUT2D eigenvalue weighted by Gasteiger charge is 2.51. The number of amides is 1. The molecule has 0 spiro atoms. The van der Waals surface area contributed by atoms with Crippen molar-refractivity contribution in [3.8, 4) is 0 Å². The molecule has 1 saturated carbocycles. The number of hydrogen-bond donors (Lipinski definition) is 2. The number of rotatable bonds is 5. The molecule has 0 aromatic heterocycles. The molecule has 1 amide bonds. The lowest BCUT2D eigenvalue weighted by Crippen LogP contribution is -2.41. The average molecular weight is 271 g/mol. The molecule has 0 aromatic carbocycles. The molecule has 0 aromatic rings. The highest BCUT2D eigenvalue weighted by atomic mass is 32.2. The van der Waals surface area contributed by atoms with E-state index in [1.54, 1.807) is 6.26 Å². The third-order valence-corrected chi connectivity index (χ3v) is 4.51. The van der Waals surface area contributed by atoms with E-state index in [1.807, 2.05) is 12.2 Å². The maximum atomic E-state index is 12.0. The Morgan fingerprint density at radius 3 is 2.50 bits per heavy atom. The van der Waals surface area contributed by atoms with Crippen LogP contribution in [0.5, 0.6) is 0 Å². The molecule has 6 heteroatoms. The topological polar surface area (TPSA) is 83.5 Å². The van der Waals surface area contributed by atoms with E-state index < -0.39 is 28.6 Å². The number of allylic oxidation sites excluding steroid dienone is 2. The molecule has 0 saturated heterocycles. The zero-order chi connectivity index (χ0) is 13.3. The SMILES string of the molecule is CS(=O)CCNC(=O)C1C2C=CC(C2)C1C(=O)O. The minimum absolute atomic E-state index is 0.0106. The summed E-state index contributed by atoms with van der Waals surface area (Å²) in [5.41, 5.74) is 0. The first-order chi connectivity index (χ1) is 8.50. The van der Waals surface area contributed by atoms with Crippen LogP contribution >= 0.6 is 0 Å². The molecule has 100 valence electrons. The predicted molar refractivity (Wildman–Crippen MR) is 67.3 cm³/mol. The van der Waals surface area contributed by atoms with Gasteiger partial charge in [-0.2, -0.15) is 0 Å². The molecule has 2 rings (SSSR count). The number of fused-ring (bicyclic) bond motifs is 2. The van der Waals surface area contributed by atoms with E-state index in [0.29, 0.717) is 12.3 Å². The Kier molecular flexibility index (Phi) is 3.85. The zero-order valence-electron chi connectivity index (χ0n) is 10.2. The maximum absolute atomic E-state index is 12.0. The minimum Gasteiger partial charge on any atom is -0.481 e. The van der Waals surface area contributed by atoms with Gasteiger partial charge in [-0.1, -0.05) is 12.2 Å². The van der Waals surface area contributed by atoms with Gasteiger partial charge < -0.3 is 10.4 Å². The lowest BCUT2D eigenvalue weighted by molar-refractivity contribution is -0.147. The Hall–Kier alpha value is -1.17. The van der Waals surface area contributed by atoms with Gasteiger partial charge in [-0.25, -0.2) is 0 Å². The summed E-state index contributed by atoms with van der Waals surface area (Å²) in [7, 11) is -0.948. The second kappa shape index (κ2) is 5.22. The number of carbonyl (C=O) groups excluding carboxylic acids is 1.